The molecule has 0 aliphatic heterocycles. The number of carbonyl (C=O) groups excluding carboxylic acids is 2. The molecule has 226 valence electrons. The maximum atomic E-state index is 15.2. The first-order valence-electron chi connectivity index (χ1n) is 12.7. The van der Waals surface area contributed by atoms with E-state index in [1.54, 1.807) is 0 Å². The first kappa shape index (κ1) is 36.5. The second kappa shape index (κ2) is 10.5. The summed E-state index contributed by atoms with van der Waals surface area (Å²) in [5.74, 6) is -9.30. The van der Waals surface area contributed by atoms with E-state index < -0.39 is 75.4 Å². The minimum absolute atomic E-state index is 0.130. The summed E-state index contributed by atoms with van der Waals surface area (Å²) in [5.41, 5.74) is -13.4. The van der Waals surface area contributed by atoms with E-state index in [0.29, 0.717) is 6.92 Å². The first-order chi connectivity index (χ1) is 16.2. The molecule has 0 radical (unpaired) electrons. The predicted octanol–water partition coefficient (Wildman–Crippen LogP) is 8.36. The fourth-order valence-electron chi connectivity index (χ4n) is 4.28. The molecule has 10 heteroatoms. The Labute approximate surface area is 224 Å². The summed E-state index contributed by atoms with van der Waals surface area (Å²) < 4.78 is 98.4. The minimum atomic E-state index is -3.92. The minimum Gasteiger partial charge on any atom is -0.465 e. The number of alkyl halides is 6. The van der Waals surface area contributed by atoms with Crippen LogP contribution in [-0.2, 0) is 19.1 Å². The summed E-state index contributed by atoms with van der Waals surface area (Å²) in [4.78, 5) is 25.8. The van der Waals surface area contributed by atoms with Gasteiger partial charge in [0.05, 0.1) is 28.3 Å². The van der Waals surface area contributed by atoms with Crippen molar-refractivity contribution >= 4 is 11.9 Å². The molecule has 0 fully saturated rings. The van der Waals surface area contributed by atoms with Gasteiger partial charge in [0.25, 0.3) is 11.8 Å². The highest BCUT2D eigenvalue weighted by Gasteiger charge is 2.66. The Morgan fingerprint density at radius 3 is 1.16 bits per heavy atom. The molecule has 0 saturated heterocycles. The molecule has 0 heterocycles. The van der Waals surface area contributed by atoms with E-state index in [1.807, 2.05) is 0 Å². The molecular weight excluding hydrogens is 514 g/mol. The smallest absolute Gasteiger partial charge is 0.311 e. The largest absolute Gasteiger partial charge is 0.465 e. The van der Waals surface area contributed by atoms with Crippen molar-refractivity contribution in [1.29, 1.82) is 0 Å². The Balaban J connectivity index is 5.52. The molecule has 0 amide bonds. The van der Waals surface area contributed by atoms with Crippen molar-refractivity contribution in [1.82, 2.24) is 0 Å². The summed E-state index contributed by atoms with van der Waals surface area (Å²) in [7, 11) is 0. The van der Waals surface area contributed by atoms with Gasteiger partial charge in [-0.25, -0.2) is 26.3 Å². The molecule has 0 N–H and O–H groups in total. The zero-order valence-corrected chi connectivity index (χ0v) is 25.5. The summed E-state index contributed by atoms with van der Waals surface area (Å²) in [6.45, 7) is 14.8. The SMILES string of the molecule is CC(C)(CC(C)(C)C(=O)OCC(C)(C)C(F)(F)C(C)(C)C(C)(F)F)C(=O)OCC(C)(C)C(C)(F)C(C)(C)F. The molecule has 0 aliphatic carbocycles. The van der Waals surface area contributed by atoms with Gasteiger partial charge < -0.3 is 9.47 Å². The summed E-state index contributed by atoms with van der Waals surface area (Å²) in [5, 5.41) is 0. The van der Waals surface area contributed by atoms with Crippen LogP contribution in [0.25, 0.3) is 0 Å². The maximum Gasteiger partial charge on any atom is 0.311 e. The van der Waals surface area contributed by atoms with Crippen LogP contribution in [0.1, 0.15) is 103 Å². The van der Waals surface area contributed by atoms with Crippen molar-refractivity contribution in [3.8, 4) is 0 Å². The second-order valence-electron chi connectivity index (χ2n) is 14.4. The molecule has 0 aromatic rings. The van der Waals surface area contributed by atoms with Crippen LogP contribution in [0, 0.1) is 27.1 Å². The number of carbonyl (C=O) groups is 2. The third kappa shape index (κ3) is 7.18. The third-order valence-electron chi connectivity index (χ3n) is 8.24. The Bertz CT molecular complexity index is 860. The van der Waals surface area contributed by atoms with Crippen molar-refractivity contribution in [2.75, 3.05) is 13.2 Å². The van der Waals surface area contributed by atoms with E-state index >= 15 is 13.2 Å². The van der Waals surface area contributed by atoms with Gasteiger partial charge in [0.1, 0.15) is 17.9 Å². The topological polar surface area (TPSA) is 52.6 Å². The van der Waals surface area contributed by atoms with Crippen molar-refractivity contribution in [3.05, 3.63) is 0 Å². The molecule has 0 spiro atoms. The lowest BCUT2D eigenvalue weighted by molar-refractivity contribution is -0.268. The highest BCUT2D eigenvalue weighted by molar-refractivity contribution is 5.80. The van der Waals surface area contributed by atoms with Crippen molar-refractivity contribution in [2.24, 2.45) is 27.1 Å². The molecule has 4 nitrogen and oxygen atoms in total. The van der Waals surface area contributed by atoms with E-state index in [-0.39, 0.29) is 6.42 Å². The molecule has 0 aliphatic rings. The van der Waals surface area contributed by atoms with Crippen LogP contribution in [0.3, 0.4) is 0 Å². The number of halogens is 6. The quantitative estimate of drug-likeness (QED) is 0.167. The van der Waals surface area contributed by atoms with Gasteiger partial charge in [-0.1, -0.05) is 27.7 Å². The molecule has 0 bridgehead atoms. The van der Waals surface area contributed by atoms with Gasteiger partial charge in [0.15, 0.2) is 0 Å². The first-order valence-corrected chi connectivity index (χ1v) is 12.7. The lowest BCUT2D eigenvalue weighted by Gasteiger charge is -2.46. The van der Waals surface area contributed by atoms with Crippen LogP contribution in [0.4, 0.5) is 26.3 Å². The maximum absolute atomic E-state index is 15.2. The van der Waals surface area contributed by atoms with Gasteiger partial charge in [-0.3, -0.25) is 9.59 Å². The predicted molar refractivity (Wildman–Crippen MR) is 136 cm³/mol. The zero-order valence-electron chi connectivity index (χ0n) is 25.5. The van der Waals surface area contributed by atoms with Gasteiger partial charge in [0.2, 0.25) is 0 Å². The normalized spacial score (nSPS) is 16.6. The summed E-state index contributed by atoms with van der Waals surface area (Å²) >= 11 is 0. The average molecular weight is 563 g/mol. The number of hydrogen-bond acceptors (Lipinski definition) is 4. The summed E-state index contributed by atoms with van der Waals surface area (Å²) in [6.07, 6.45) is -0.130. The average Bonchev–Trinajstić information content (AvgIpc) is 2.67. The highest BCUT2D eigenvalue weighted by atomic mass is 19.3. The van der Waals surface area contributed by atoms with Gasteiger partial charge >= 0.3 is 11.9 Å². The standard InChI is InChI=1S/C28H48F6O4/c1-20(2,18(35)37-16-22(5,6)26(13,30)25(11,12)29)15-21(3,4)19(36)38-17-23(7,8)28(33,34)24(9,10)27(14,31)32/h15-17H2,1-14H3. The lowest BCUT2D eigenvalue weighted by Crippen LogP contribution is -2.57. The zero-order chi connectivity index (χ0) is 31.2. The van der Waals surface area contributed by atoms with Crippen LogP contribution >= 0.6 is 0 Å². The fourth-order valence-corrected chi connectivity index (χ4v) is 4.28. The van der Waals surface area contributed by atoms with Crippen LogP contribution in [0.5, 0.6) is 0 Å². The van der Waals surface area contributed by atoms with Crippen LogP contribution in [0.2, 0.25) is 0 Å². The number of rotatable bonds is 13. The monoisotopic (exact) mass is 562 g/mol. The summed E-state index contributed by atoms with van der Waals surface area (Å²) in [6, 6.07) is 0. The number of ether oxygens (including phenoxy) is 2. The number of esters is 2. The molecule has 1 unspecified atom stereocenters. The number of hydrogen-bond donors (Lipinski definition) is 0. The Morgan fingerprint density at radius 1 is 0.553 bits per heavy atom. The molecule has 1 atom stereocenters. The van der Waals surface area contributed by atoms with Gasteiger partial charge in [-0.05, 0) is 68.7 Å². The molecule has 0 saturated carbocycles. The Morgan fingerprint density at radius 2 is 0.868 bits per heavy atom. The van der Waals surface area contributed by atoms with Crippen LogP contribution in [0.15, 0.2) is 0 Å². The van der Waals surface area contributed by atoms with E-state index in [1.165, 1.54) is 41.5 Å². The van der Waals surface area contributed by atoms with Gasteiger partial charge in [0, 0.05) is 12.3 Å². The second-order valence-corrected chi connectivity index (χ2v) is 14.4. The molecule has 0 rings (SSSR count). The van der Waals surface area contributed by atoms with Crippen molar-refractivity contribution in [3.63, 3.8) is 0 Å². The Kier molecular flexibility index (Phi) is 10.1. The van der Waals surface area contributed by atoms with Crippen LogP contribution < -0.4 is 0 Å². The van der Waals surface area contributed by atoms with E-state index in [2.05, 4.69) is 0 Å². The fraction of sp³-hybridized carbons (Fsp3) is 0.929. The van der Waals surface area contributed by atoms with Crippen molar-refractivity contribution < 1.29 is 45.4 Å². The van der Waals surface area contributed by atoms with Gasteiger partial charge in [-0.2, -0.15) is 0 Å². The van der Waals surface area contributed by atoms with Crippen molar-refractivity contribution in [2.45, 2.75) is 127 Å². The molecule has 0 aromatic heterocycles. The Hall–Kier alpha value is -1.48. The van der Waals surface area contributed by atoms with Gasteiger partial charge in [-0.15, -0.1) is 0 Å². The highest BCUT2D eigenvalue weighted by Crippen LogP contribution is 2.55. The molecular formula is C28H48F6O4. The molecule has 0 aromatic carbocycles. The lowest BCUT2D eigenvalue weighted by atomic mass is 9.68. The van der Waals surface area contributed by atoms with E-state index in [9.17, 15) is 22.8 Å². The van der Waals surface area contributed by atoms with E-state index in [0.717, 1.165) is 48.5 Å². The van der Waals surface area contributed by atoms with Crippen LogP contribution in [-0.4, -0.2) is 48.3 Å². The van der Waals surface area contributed by atoms with E-state index in [4.69, 9.17) is 9.47 Å². The molecule has 38 heavy (non-hydrogen) atoms. The third-order valence-corrected chi connectivity index (χ3v) is 8.24.